The lowest BCUT2D eigenvalue weighted by Gasteiger charge is -2.15. The molecule has 0 aromatic heterocycles. The predicted octanol–water partition coefficient (Wildman–Crippen LogP) is 3.18. The quantitative estimate of drug-likeness (QED) is 0.495. The summed E-state index contributed by atoms with van der Waals surface area (Å²) in [6, 6.07) is 2.42. The summed E-state index contributed by atoms with van der Waals surface area (Å²) in [6.45, 7) is 3.22. The summed E-state index contributed by atoms with van der Waals surface area (Å²) in [4.78, 5) is 10.5. The zero-order chi connectivity index (χ0) is 14.0. The second-order valence-electron chi connectivity index (χ2n) is 4.55. The summed E-state index contributed by atoms with van der Waals surface area (Å²) < 4.78 is 19.2. The number of rotatable bonds is 4. The predicted molar refractivity (Wildman–Crippen MR) is 77.8 cm³/mol. The van der Waals surface area contributed by atoms with Crippen molar-refractivity contribution in [3.8, 4) is 0 Å². The van der Waals surface area contributed by atoms with Crippen LogP contribution in [0.15, 0.2) is 12.1 Å². The SMILES string of the molecule is CC1OCCC1CNc1cc(F)c(I)cc1[N+](=O)[O-]. The van der Waals surface area contributed by atoms with Crippen LogP contribution in [0.1, 0.15) is 13.3 Å². The van der Waals surface area contributed by atoms with Crippen LogP contribution in [0.3, 0.4) is 0 Å². The van der Waals surface area contributed by atoms with E-state index in [2.05, 4.69) is 5.32 Å². The van der Waals surface area contributed by atoms with E-state index in [-0.39, 0.29) is 21.0 Å². The molecule has 0 aliphatic carbocycles. The molecule has 1 heterocycles. The average molecular weight is 380 g/mol. The molecule has 1 aromatic carbocycles. The van der Waals surface area contributed by atoms with Crippen molar-refractivity contribution in [3.63, 3.8) is 0 Å². The van der Waals surface area contributed by atoms with Crippen LogP contribution in [0.4, 0.5) is 15.8 Å². The maximum Gasteiger partial charge on any atom is 0.293 e. The van der Waals surface area contributed by atoms with E-state index >= 15 is 0 Å². The Morgan fingerprint density at radius 2 is 2.37 bits per heavy atom. The summed E-state index contributed by atoms with van der Waals surface area (Å²) in [5, 5.41) is 13.9. The number of nitrogens with one attached hydrogen (secondary N) is 1. The Hall–Kier alpha value is -0.960. The van der Waals surface area contributed by atoms with Gasteiger partial charge in [0.15, 0.2) is 0 Å². The summed E-state index contributed by atoms with van der Waals surface area (Å²) in [6.07, 6.45) is 1.04. The van der Waals surface area contributed by atoms with E-state index < -0.39 is 10.7 Å². The molecule has 1 aliphatic rings. The first kappa shape index (κ1) is 14.4. The van der Waals surface area contributed by atoms with Crippen LogP contribution < -0.4 is 5.32 Å². The lowest BCUT2D eigenvalue weighted by molar-refractivity contribution is -0.384. The summed E-state index contributed by atoms with van der Waals surface area (Å²) >= 11 is 1.74. The van der Waals surface area contributed by atoms with Crippen molar-refractivity contribution in [2.24, 2.45) is 5.92 Å². The molecule has 1 saturated heterocycles. The van der Waals surface area contributed by atoms with E-state index in [0.29, 0.717) is 19.1 Å². The topological polar surface area (TPSA) is 64.4 Å². The Balaban J connectivity index is 2.14. The highest BCUT2D eigenvalue weighted by Gasteiger charge is 2.25. The number of nitro groups is 1. The minimum Gasteiger partial charge on any atom is -0.379 e. The number of nitrogens with zero attached hydrogens (tertiary/aromatic N) is 1. The van der Waals surface area contributed by atoms with E-state index in [1.54, 1.807) is 22.6 Å². The molecule has 19 heavy (non-hydrogen) atoms. The number of ether oxygens (including phenoxy) is 1. The van der Waals surface area contributed by atoms with Gasteiger partial charge in [-0.05, 0) is 35.9 Å². The van der Waals surface area contributed by atoms with Gasteiger partial charge in [-0.1, -0.05) is 0 Å². The summed E-state index contributed by atoms with van der Waals surface area (Å²) in [5.74, 6) is -0.161. The molecule has 2 rings (SSSR count). The van der Waals surface area contributed by atoms with E-state index in [1.165, 1.54) is 12.1 Å². The van der Waals surface area contributed by atoms with Gasteiger partial charge in [0.1, 0.15) is 11.5 Å². The van der Waals surface area contributed by atoms with Gasteiger partial charge >= 0.3 is 0 Å². The number of hydrogen-bond acceptors (Lipinski definition) is 4. The zero-order valence-electron chi connectivity index (χ0n) is 10.4. The number of halogens is 2. The molecular weight excluding hydrogens is 366 g/mol. The van der Waals surface area contributed by atoms with Crippen LogP contribution in [-0.2, 0) is 4.74 Å². The maximum atomic E-state index is 13.5. The van der Waals surface area contributed by atoms with Crippen LogP contribution in [0.5, 0.6) is 0 Å². The molecule has 0 spiro atoms. The smallest absolute Gasteiger partial charge is 0.293 e. The van der Waals surface area contributed by atoms with Crippen LogP contribution >= 0.6 is 22.6 Å². The standard InChI is InChI=1S/C12H14FIN2O3/c1-7-8(2-3-19-7)6-15-11-4-9(13)10(14)5-12(11)16(17)18/h4-5,7-8,15H,2-3,6H2,1H3. The highest BCUT2D eigenvalue weighted by Crippen LogP contribution is 2.30. The van der Waals surface area contributed by atoms with Gasteiger partial charge in [0.2, 0.25) is 0 Å². The van der Waals surface area contributed by atoms with Gasteiger partial charge in [-0.3, -0.25) is 10.1 Å². The molecule has 1 N–H and O–H groups in total. The molecule has 2 atom stereocenters. The molecule has 1 fully saturated rings. The van der Waals surface area contributed by atoms with Crippen molar-refractivity contribution < 1.29 is 14.1 Å². The molecule has 0 amide bonds. The van der Waals surface area contributed by atoms with E-state index in [1.807, 2.05) is 6.92 Å². The Kier molecular flexibility index (Phi) is 4.56. The number of hydrogen-bond donors (Lipinski definition) is 1. The third-order valence-corrected chi connectivity index (χ3v) is 4.15. The van der Waals surface area contributed by atoms with Gasteiger partial charge in [-0.2, -0.15) is 0 Å². The van der Waals surface area contributed by atoms with Crippen LogP contribution in [-0.4, -0.2) is 24.2 Å². The molecule has 0 bridgehead atoms. The van der Waals surface area contributed by atoms with E-state index in [0.717, 1.165) is 6.42 Å². The normalized spacial score (nSPS) is 22.5. The van der Waals surface area contributed by atoms with Gasteiger partial charge in [0, 0.05) is 31.2 Å². The van der Waals surface area contributed by atoms with Gasteiger partial charge in [-0.25, -0.2) is 4.39 Å². The molecule has 104 valence electrons. The number of nitro benzene ring substituents is 1. The molecule has 1 aliphatic heterocycles. The summed E-state index contributed by atoms with van der Waals surface area (Å²) in [7, 11) is 0. The van der Waals surface area contributed by atoms with Gasteiger partial charge in [0.25, 0.3) is 5.69 Å². The Morgan fingerprint density at radius 1 is 1.63 bits per heavy atom. The van der Waals surface area contributed by atoms with E-state index in [4.69, 9.17) is 4.74 Å². The van der Waals surface area contributed by atoms with Gasteiger partial charge in [0.05, 0.1) is 14.6 Å². The largest absolute Gasteiger partial charge is 0.379 e. The van der Waals surface area contributed by atoms with Crippen LogP contribution in [0.25, 0.3) is 0 Å². The highest BCUT2D eigenvalue weighted by atomic mass is 127. The average Bonchev–Trinajstić information content (AvgIpc) is 2.75. The van der Waals surface area contributed by atoms with Crippen molar-refractivity contribution in [3.05, 3.63) is 31.6 Å². The molecule has 5 nitrogen and oxygen atoms in total. The zero-order valence-corrected chi connectivity index (χ0v) is 12.5. The fraction of sp³-hybridized carbons (Fsp3) is 0.500. The minimum absolute atomic E-state index is 0.0997. The maximum absolute atomic E-state index is 13.5. The number of anilines is 1. The first-order chi connectivity index (χ1) is 8.99. The second-order valence-corrected chi connectivity index (χ2v) is 5.71. The minimum atomic E-state index is -0.501. The van der Waals surface area contributed by atoms with E-state index in [9.17, 15) is 14.5 Å². The molecule has 0 saturated carbocycles. The lowest BCUT2D eigenvalue weighted by atomic mass is 10.0. The third kappa shape index (κ3) is 3.33. The highest BCUT2D eigenvalue weighted by molar-refractivity contribution is 14.1. The van der Waals surface area contributed by atoms with Crippen molar-refractivity contribution in [2.45, 2.75) is 19.4 Å². The Labute approximate surface area is 123 Å². The third-order valence-electron chi connectivity index (χ3n) is 3.32. The van der Waals surface area contributed by atoms with Gasteiger partial charge < -0.3 is 10.1 Å². The Bertz CT molecular complexity index is 498. The Morgan fingerprint density at radius 3 is 2.95 bits per heavy atom. The fourth-order valence-electron chi connectivity index (χ4n) is 2.11. The number of benzene rings is 1. The molecular formula is C12H14FIN2O3. The summed E-state index contributed by atoms with van der Waals surface area (Å²) in [5.41, 5.74) is 0.124. The van der Waals surface area contributed by atoms with Gasteiger partial charge in [-0.15, -0.1) is 0 Å². The van der Waals surface area contributed by atoms with Crippen molar-refractivity contribution in [2.75, 3.05) is 18.5 Å². The van der Waals surface area contributed by atoms with Crippen LogP contribution in [0, 0.1) is 25.4 Å². The monoisotopic (exact) mass is 380 g/mol. The molecule has 0 radical (unpaired) electrons. The molecule has 1 aromatic rings. The van der Waals surface area contributed by atoms with Crippen molar-refractivity contribution in [1.29, 1.82) is 0 Å². The fourth-order valence-corrected chi connectivity index (χ4v) is 2.56. The van der Waals surface area contributed by atoms with Crippen LogP contribution in [0.2, 0.25) is 0 Å². The first-order valence-corrected chi connectivity index (χ1v) is 7.06. The van der Waals surface area contributed by atoms with Crippen molar-refractivity contribution >= 4 is 34.0 Å². The second kappa shape index (κ2) is 6.00. The first-order valence-electron chi connectivity index (χ1n) is 5.98. The molecule has 2 unspecified atom stereocenters. The van der Waals surface area contributed by atoms with Crippen molar-refractivity contribution in [1.82, 2.24) is 0 Å². The lowest BCUT2D eigenvalue weighted by Crippen LogP contribution is -2.21. The molecule has 7 heteroatoms.